The second kappa shape index (κ2) is 4.37. The average molecular weight is 215 g/mol. The molecular weight excluding hydrogens is 194 g/mol. The first-order valence-electron chi connectivity index (χ1n) is 5.84. The van der Waals surface area contributed by atoms with Crippen molar-refractivity contribution in [2.24, 2.45) is 5.41 Å². The molecule has 4 nitrogen and oxygen atoms in total. The maximum absolute atomic E-state index is 10.7. The van der Waals surface area contributed by atoms with Crippen molar-refractivity contribution in [3.8, 4) is 0 Å². The summed E-state index contributed by atoms with van der Waals surface area (Å²) in [6.45, 7) is 3.00. The summed E-state index contributed by atoms with van der Waals surface area (Å²) >= 11 is 0. The van der Waals surface area contributed by atoms with E-state index in [1.807, 2.05) is 0 Å². The topological polar surface area (TPSA) is 61.7 Å². The lowest BCUT2D eigenvalue weighted by Crippen LogP contribution is -2.60. The van der Waals surface area contributed by atoms with E-state index >= 15 is 0 Å². The smallest absolute Gasteiger partial charge is 0.0781 e. The fourth-order valence-corrected chi connectivity index (χ4v) is 2.89. The summed E-state index contributed by atoms with van der Waals surface area (Å²) in [7, 11) is 0. The van der Waals surface area contributed by atoms with Crippen molar-refractivity contribution < 1.29 is 14.9 Å². The normalized spacial score (nSPS) is 36.4. The van der Waals surface area contributed by atoms with Gasteiger partial charge in [-0.3, -0.25) is 0 Å². The van der Waals surface area contributed by atoms with E-state index in [0.29, 0.717) is 26.1 Å². The Labute approximate surface area is 90.6 Å². The molecule has 1 atom stereocenters. The predicted octanol–water partition coefficient (Wildman–Crippen LogP) is -0.110. The highest BCUT2D eigenvalue weighted by Gasteiger charge is 2.50. The molecule has 4 heteroatoms. The van der Waals surface area contributed by atoms with Crippen molar-refractivity contribution in [3.63, 3.8) is 0 Å². The highest BCUT2D eigenvalue weighted by Crippen LogP contribution is 2.43. The Bertz CT molecular complexity index is 208. The minimum absolute atomic E-state index is 0.0660. The lowest BCUT2D eigenvalue weighted by Gasteiger charge is -2.50. The fourth-order valence-electron chi connectivity index (χ4n) is 2.89. The molecule has 0 saturated carbocycles. The van der Waals surface area contributed by atoms with Crippen LogP contribution in [0.1, 0.15) is 25.7 Å². The first-order valence-corrected chi connectivity index (χ1v) is 5.84. The molecule has 88 valence electrons. The number of hydrogen-bond donors (Lipinski definition) is 3. The second-order valence-electron chi connectivity index (χ2n) is 4.86. The number of hydrogen-bond acceptors (Lipinski definition) is 4. The van der Waals surface area contributed by atoms with Gasteiger partial charge in [-0.2, -0.15) is 0 Å². The number of aliphatic hydroxyl groups excluding tert-OH is 1. The summed E-state index contributed by atoms with van der Waals surface area (Å²) in [6.07, 6.45) is 3.24. The number of nitrogens with one attached hydrogen (secondary N) is 1. The molecule has 3 N–H and O–H groups in total. The molecule has 0 amide bonds. The van der Waals surface area contributed by atoms with E-state index in [-0.39, 0.29) is 12.0 Å². The van der Waals surface area contributed by atoms with Crippen LogP contribution in [0.15, 0.2) is 0 Å². The summed E-state index contributed by atoms with van der Waals surface area (Å²) in [5, 5.41) is 23.6. The van der Waals surface area contributed by atoms with Gasteiger partial charge in [0.1, 0.15) is 0 Å². The maximum Gasteiger partial charge on any atom is 0.0781 e. The van der Waals surface area contributed by atoms with Crippen molar-refractivity contribution >= 4 is 0 Å². The molecule has 0 aromatic heterocycles. The number of ether oxygens (including phenoxy) is 1. The van der Waals surface area contributed by atoms with E-state index in [9.17, 15) is 10.2 Å². The van der Waals surface area contributed by atoms with Gasteiger partial charge in [0.2, 0.25) is 0 Å². The first kappa shape index (κ1) is 11.3. The van der Waals surface area contributed by atoms with Gasteiger partial charge in [-0.1, -0.05) is 0 Å². The van der Waals surface area contributed by atoms with Gasteiger partial charge in [-0.25, -0.2) is 0 Å². The van der Waals surface area contributed by atoms with Gasteiger partial charge < -0.3 is 20.3 Å². The molecule has 0 spiro atoms. The van der Waals surface area contributed by atoms with Crippen molar-refractivity contribution in [1.29, 1.82) is 0 Å². The van der Waals surface area contributed by atoms with Crippen molar-refractivity contribution in [1.82, 2.24) is 5.32 Å². The minimum Gasteiger partial charge on any atom is -0.396 e. The summed E-state index contributed by atoms with van der Waals surface area (Å²) in [5.41, 5.74) is -1.09. The van der Waals surface area contributed by atoms with E-state index in [4.69, 9.17) is 4.74 Å². The van der Waals surface area contributed by atoms with Crippen LogP contribution in [0.3, 0.4) is 0 Å². The van der Waals surface area contributed by atoms with Gasteiger partial charge in [-0.15, -0.1) is 0 Å². The highest BCUT2D eigenvalue weighted by atomic mass is 16.5. The molecule has 0 bridgehead atoms. The number of rotatable bonds is 2. The first-order chi connectivity index (χ1) is 7.22. The standard InChI is InChI=1S/C11H21NO3/c13-9-10(2-1-5-12-8-10)11(14)3-6-15-7-4-11/h12-14H,1-9H2. The molecule has 2 saturated heterocycles. The zero-order valence-electron chi connectivity index (χ0n) is 9.17. The summed E-state index contributed by atoms with van der Waals surface area (Å²) < 4.78 is 5.28. The second-order valence-corrected chi connectivity index (χ2v) is 4.86. The molecule has 0 aromatic rings. The largest absolute Gasteiger partial charge is 0.396 e. The van der Waals surface area contributed by atoms with Crippen LogP contribution >= 0.6 is 0 Å². The molecule has 0 aliphatic carbocycles. The molecule has 0 aromatic carbocycles. The Balaban J connectivity index is 2.15. The van der Waals surface area contributed by atoms with Crippen LogP contribution in [-0.2, 0) is 4.74 Å². The Morgan fingerprint density at radius 2 is 1.93 bits per heavy atom. The molecule has 15 heavy (non-hydrogen) atoms. The Hall–Kier alpha value is -0.160. The maximum atomic E-state index is 10.7. The average Bonchev–Trinajstić information content (AvgIpc) is 2.31. The fraction of sp³-hybridized carbons (Fsp3) is 1.00. The van der Waals surface area contributed by atoms with Crippen molar-refractivity contribution in [2.75, 3.05) is 32.9 Å². The van der Waals surface area contributed by atoms with Gasteiger partial charge in [0.25, 0.3) is 0 Å². The minimum atomic E-state index is -0.743. The SMILES string of the molecule is OCC1(C2(O)CCOCC2)CCCNC1. The van der Waals surface area contributed by atoms with E-state index in [1.165, 1.54) is 0 Å². The molecule has 2 heterocycles. The van der Waals surface area contributed by atoms with Gasteiger partial charge in [-0.05, 0) is 19.4 Å². The van der Waals surface area contributed by atoms with Crippen molar-refractivity contribution in [2.45, 2.75) is 31.3 Å². The highest BCUT2D eigenvalue weighted by molar-refractivity contribution is 5.02. The third kappa shape index (κ3) is 1.91. The number of aliphatic hydroxyl groups is 2. The van der Waals surface area contributed by atoms with Crippen LogP contribution in [0.2, 0.25) is 0 Å². The molecule has 2 aliphatic rings. The predicted molar refractivity (Wildman–Crippen MR) is 56.6 cm³/mol. The summed E-state index contributed by atoms with van der Waals surface area (Å²) in [4.78, 5) is 0. The van der Waals surface area contributed by atoms with Gasteiger partial charge >= 0.3 is 0 Å². The van der Waals surface area contributed by atoms with Gasteiger partial charge in [0, 0.05) is 38.0 Å². The summed E-state index contributed by atoms with van der Waals surface area (Å²) in [6, 6.07) is 0. The lowest BCUT2D eigenvalue weighted by molar-refractivity contribution is -0.166. The van der Waals surface area contributed by atoms with E-state index in [0.717, 1.165) is 25.9 Å². The Morgan fingerprint density at radius 3 is 2.47 bits per heavy atom. The zero-order valence-corrected chi connectivity index (χ0v) is 9.17. The molecule has 1 unspecified atom stereocenters. The third-order valence-electron chi connectivity index (χ3n) is 4.08. The molecule has 2 rings (SSSR count). The summed E-state index contributed by atoms with van der Waals surface area (Å²) in [5.74, 6) is 0. The van der Waals surface area contributed by atoms with E-state index < -0.39 is 5.60 Å². The lowest BCUT2D eigenvalue weighted by atomic mass is 9.64. The van der Waals surface area contributed by atoms with Crippen LogP contribution in [0, 0.1) is 5.41 Å². The van der Waals surface area contributed by atoms with Crippen LogP contribution < -0.4 is 5.32 Å². The monoisotopic (exact) mass is 215 g/mol. The molecule has 2 fully saturated rings. The van der Waals surface area contributed by atoms with Gasteiger partial charge in [0.05, 0.1) is 12.2 Å². The van der Waals surface area contributed by atoms with Crippen LogP contribution in [0.4, 0.5) is 0 Å². The van der Waals surface area contributed by atoms with E-state index in [2.05, 4.69) is 5.32 Å². The van der Waals surface area contributed by atoms with Crippen molar-refractivity contribution in [3.05, 3.63) is 0 Å². The van der Waals surface area contributed by atoms with Crippen LogP contribution in [0.25, 0.3) is 0 Å². The van der Waals surface area contributed by atoms with Crippen LogP contribution in [-0.4, -0.2) is 48.7 Å². The third-order valence-corrected chi connectivity index (χ3v) is 4.08. The molecule has 0 radical (unpaired) electrons. The Kier molecular flexibility index (Phi) is 3.30. The molecule has 2 aliphatic heterocycles. The Morgan fingerprint density at radius 1 is 1.20 bits per heavy atom. The van der Waals surface area contributed by atoms with E-state index in [1.54, 1.807) is 0 Å². The van der Waals surface area contributed by atoms with Gasteiger partial charge in [0.15, 0.2) is 0 Å². The zero-order chi connectivity index (χ0) is 10.8. The van der Waals surface area contributed by atoms with Crippen LogP contribution in [0.5, 0.6) is 0 Å². The molecular formula is C11H21NO3. The number of piperidine rings is 1. The quantitative estimate of drug-likeness (QED) is 0.601.